The number of benzene rings is 1. The third kappa shape index (κ3) is 2.70. The Morgan fingerprint density at radius 2 is 1.96 bits per heavy atom. The summed E-state index contributed by atoms with van der Waals surface area (Å²) < 4.78 is 7.96. The lowest BCUT2D eigenvalue weighted by atomic mass is 10.1. The smallest absolute Gasteiger partial charge is 0.256 e. The van der Waals surface area contributed by atoms with Crippen LogP contribution in [0.1, 0.15) is 27.7 Å². The van der Waals surface area contributed by atoms with E-state index in [0.717, 1.165) is 27.7 Å². The van der Waals surface area contributed by atoms with Crippen LogP contribution in [0.4, 0.5) is 0 Å². The molecule has 0 aliphatic carbocycles. The van der Waals surface area contributed by atoms with Crippen LogP contribution >= 0.6 is 0 Å². The number of carbonyl (C=O) groups excluding carboxylic acids is 1. The summed E-state index contributed by atoms with van der Waals surface area (Å²) in [6.07, 6.45) is 3.42. The lowest BCUT2D eigenvalue weighted by molar-refractivity contribution is -0.0228. The number of morpholine rings is 1. The standard InChI is InChI=1S/C20H21N3O2/c1-14-19(16-5-3-4-6-17(16)22(14)2)20(24)23-11-12-25-18(13-23)15-7-9-21-10-8-15/h3-10,18H,11-13H2,1-2H3/t18-/m0/s1. The van der Waals surface area contributed by atoms with Gasteiger partial charge in [0.05, 0.1) is 18.7 Å². The molecule has 0 bridgehead atoms. The van der Waals surface area contributed by atoms with Crippen LogP contribution in [0.3, 0.4) is 0 Å². The largest absolute Gasteiger partial charge is 0.370 e. The predicted molar refractivity (Wildman–Crippen MR) is 96.5 cm³/mol. The summed E-state index contributed by atoms with van der Waals surface area (Å²) in [5.74, 6) is 0.0802. The SMILES string of the molecule is Cc1c(C(=O)N2CCO[C@H](c3ccncc3)C2)c2ccccc2n1C. The van der Waals surface area contributed by atoms with Gasteiger partial charge in [-0.15, -0.1) is 0 Å². The van der Waals surface area contributed by atoms with E-state index < -0.39 is 0 Å². The lowest BCUT2D eigenvalue weighted by Crippen LogP contribution is -2.42. The highest BCUT2D eigenvalue weighted by Crippen LogP contribution is 2.28. The minimum absolute atomic E-state index is 0.0802. The maximum Gasteiger partial charge on any atom is 0.256 e. The van der Waals surface area contributed by atoms with Gasteiger partial charge in [0, 0.05) is 42.6 Å². The molecule has 1 saturated heterocycles. The van der Waals surface area contributed by atoms with Gasteiger partial charge in [0.25, 0.3) is 5.91 Å². The molecule has 1 atom stereocenters. The van der Waals surface area contributed by atoms with Crippen molar-refractivity contribution in [2.24, 2.45) is 7.05 Å². The highest BCUT2D eigenvalue weighted by molar-refractivity contribution is 6.08. The van der Waals surface area contributed by atoms with E-state index in [9.17, 15) is 4.79 Å². The molecule has 0 unspecified atom stereocenters. The van der Waals surface area contributed by atoms with Gasteiger partial charge < -0.3 is 14.2 Å². The van der Waals surface area contributed by atoms with Crippen LogP contribution in [0.15, 0.2) is 48.8 Å². The van der Waals surface area contributed by atoms with Crippen molar-refractivity contribution in [3.8, 4) is 0 Å². The number of hydrogen-bond acceptors (Lipinski definition) is 3. The van der Waals surface area contributed by atoms with E-state index >= 15 is 0 Å². The van der Waals surface area contributed by atoms with E-state index in [-0.39, 0.29) is 12.0 Å². The first-order valence-electron chi connectivity index (χ1n) is 8.51. The molecule has 3 heterocycles. The van der Waals surface area contributed by atoms with E-state index in [0.29, 0.717) is 19.7 Å². The second-order valence-corrected chi connectivity index (χ2v) is 6.43. The monoisotopic (exact) mass is 335 g/mol. The summed E-state index contributed by atoms with van der Waals surface area (Å²) in [5, 5.41) is 1.01. The summed E-state index contributed by atoms with van der Waals surface area (Å²) in [6.45, 7) is 3.73. The van der Waals surface area contributed by atoms with Crippen LogP contribution in [0.5, 0.6) is 0 Å². The van der Waals surface area contributed by atoms with Gasteiger partial charge in [0.2, 0.25) is 0 Å². The van der Waals surface area contributed by atoms with E-state index in [1.54, 1.807) is 12.4 Å². The number of pyridine rings is 1. The Balaban J connectivity index is 1.66. The summed E-state index contributed by atoms with van der Waals surface area (Å²) in [5.41, 5.74) is 3.94. The Bertz CT molecular complexity index is 917. The van der Waals surface area contributed by atoms with Crippen molar-refractivity contribution >= 4 is 16.8 Å². The van der Waals surface area contributed by atoms with Crippen molar-refractivity contribution in [1.82, 2.24) is 14.5 Å². The highest BCUT2D eigenvalue weighted by Gasteiger charge is 2.29. The second kappa shape index (κ2) is 6.33. The number of nitrogens with zero attached hydrogens (tertiary/aromatic N) is 3. The fraction of sp³-hybridized carbons (Fsp3) is 0.300. The van der Waals surface area contributed by atoms with Gasteiger partial charge in [-0.3, -0.25) is 9.78 Å². The van der Waals surface area contributed by atoms with E-state index in [4.69, 9.17) is 4.74 Å². The average molecular weight is 335 g/mol. The molecule has 1 aliphatic heterocycles. The average Bonchev–Trinajstić information content (AvgIpc) is 2.93. The Morgan fingerprint density at radius 1 is 1.20 bits per heavy atom. The molecule has 0 N–H and O–H groups in total. The van der Waals surface area contributed by atoms with Gasteiger partial charge >= 0.3 is 0 Å². The van der Waals surface area contributed by atoms with Gasteiger partial charge in [-0.2, -0.15) is 0 Å². The van der Waals surface area contributed by atoms with Crippen molar-refractivity contribution in [2.45, 2.75) is 13.0 Å². The fourth-order valence-corrected chi connectivity index (χ4v) is 3.56. The van der Waals surface area contributed by atoms with Gasteiger partial charge in [-0.25, -0.2) is 0 Å². The first-order chi connectivity index (χ1) is 12.2. The Morgan fingerprint density at radius 3 is 2.76 bits per heavy atom. The Labute approximate surface area is 146 Å². The number of ether oxygens (including phenoxy) is 1. The quantitative estimate of drug-likeness (QED) is 0.723. The molecule has 1 aliphatic rings. The minimum atomic E-state index is -0.101. The topological polar surface area (TPSA) is 47.4 Å². The predicted octanol–water partition coefficient (Wildman–Crippen LogP) is 3.10. The van der Waals surface area contributed by atoms with Gasteiger partial charge in [0.15, 0.2) is 0 Å². The maximum atomic E-state index is 13.3. The van der Waals surface area contributed by atoms with Gasteiger partial charge in [-0.05, 0) is 30.7 Å². The van der Waals surface area contributed by atoms with Crippen LogP contribution in [0, 0.1) is 6.92 Å². The normalized spacial score (nSPS) is 17.8. The summed E-state index contributed by atoms with van der Waals surface area (Å²) in [7, 11) is 2.01. The van der Waals surface area contributed by atoms with Gasteiger partial charge in [0.1, 0.15) is 6.10 Å². The third-order valence-electron chi connectivity index (χ3n) is 5.05. The van der Waals surface area contributed by atoms with Gasteiger partial charge in [-0.1, -0.05) is 18.2 Å². The second-order valence-electron chi connectivity index (χ2n) is 6.43. The third-order valence-corrected chi connectivity index (χ3v) is 5.05. The molecule has 1 fully saturated rings. The van der Waals surface area contributed by atoms with Crippen LogP contribution in [0.25, 0.3) is 10.9 Å². The maximum absolute atomic E-state index is 13.3. The lowest BCUT2D eigenvalue weighted by Gasteiger charge is -2.33. The molecule has 1 amide bonds. The number of amides is 1. The number of rotatable bonds is 2. The molecule has 5 nitrogen and oxygen atoms in total. The summed E-state index contributed by atoms with van der Waals surface area (Å²) >= 11 is 0. The first kappa shape index (κ1) is 15.8. The number of hydrogen-bond donors (Lipinski definition) is 0. The zero-order valence-electron chi connectivity index (χ0n) is 14.5. The van der Waals surface area contributed by atoms with Crippen LogP contribution < -0.4 is 0 Å². The molecule has 3 aromatic rings. The van der Waals surface area contributed by atoms with Crippen LogP contribution in [-0.4, -0.2) is 40.1 Å². The highest BCUT2D eigenvalue weighted by atomic mass is 16.5. The summed E-state index contributed by atoms with van der Waals surface area (Å²) in [4.78, 5) is 19.2. The van der Waals surface area contributed by atoms with Crippen LogP contribution in [0.2, 0.25) is 0 Å². The Kier molecular flexibility index (Phi) is 4.01. The molecule has 2 aromatic heterocycles. The molecular formula is C20H21N3O2. The minimum Gasteiger partial charge on any atom is -0.370 e. The van der Waals surface area contributed by atoms with E-state index in [1.807, 2.05) is 49.2 Å². The van der Waals surface area contributed by atoms with Crippen molar-refractivity contribution in [3.63, 3.8) is 0 Å². The van der Waals surface area contributed by atoms with Crippen molar-refractivity contribution < 1.29 is 9.53 Å². The van der Waals surface area contributed by atoms with E-state index in [1.165, 1.54) is 0 Å². The molecule has 0 saturated carbocycles. The molecule has 25 heavy (non-hydrogen) atoms. The number of fused-ring (bicyclic) bond motifs is 1. The fourth-order valence-electron chi connectivity index (χ4n) is 3.56. The molecule has 4 rings (SSSR count). The number of para-hydroxylation sites is 1. The molecular weight excluding hydrogens is 314 g/mol. The zero-order valence-corrected chi connectivity index (χ0v) is 14.5. The number of aryl methyl sites for hydroxylation is 1. The first-order valence-corrected chi connectivity index (χ1v) is 8.51. The molecule has 1 aromatic carbocycles. The van der Waals surface area contributed by atoms with Crippen molar-refractivity contribution in [2.75, 3.05) is 19.7 Å². The molecule has 0 radical (unpaired) electrons. The molecule has 0 spiro atoms. The number of carbonyl (C=O) groups is 1. The molecule has 128 valence electrons. The molecule has 5 heteroatoms. The Hall–Kier alpha value is -2.66. The van der Waals surface area contributed by atoms with Crippen molar-refractivity contribution in [1.29, 1.82) is 0 Å². The van der Waals surface area contributed by atoms with Crippen molar-refractivity contribution in [3.05, 3.63) is 65.6 Å². The van der Waals surface area contributed by atoms with E-state index in [2.05, 4.69) is 15.6 Å². The zero-order chi connectivity index (χ0) is 17.4. The summed E-state index contributed by atoms with van der Waals surface area (Å²) in [6, 6.07) is 12.0. The van der Waals surface area contributed by atoms with Crippen LogP contribution in [-0.2, 0) is 11.8 Å². The number of aromatic nitrogens is 2.